The highest BCUT2D eigenvalue weighted by atomic mass is 16.2. The Morgan fingerprint density at radius 1 is 1.60 bits per heavy atom. The summed E-state index contributed by atoms with van der Waals surface area (Å²) < 4.78 is 1.77. The molecule has 20 heavy (non-hydrogen) atoms. The van der Waals surface area contributed by atoms with E-state index >= 15 is 0 Å². The fraction of sp³-hybridized carbons (Fsp3) is 0.462. The topological polar surface area (TPSA) is 102 Å². The SMILES string of the molecule is CCCc1[nH]nc(C(=O)NC(C)Cn2cccn2)c1N. The number of amides is 1. The van der Waals surface area contributed by atoms with Gasteiger partial charge in [-0.25, -0.2) is 0 Å². The molecule has 0 fully saturated rings. The molecule has 0 aliphatic carbocycles. The summed E-state index contributed by atoms with van der Waals surface area (Å²) in [5.41, 5.74) is 7.45. The summed E-state index contributed by atoms with van der Waals surface area (Å²) in [5, 5.41) is 13.8. The Bertz CT molecular complexity index is 559. The molecule has 0 spiro atoms. The number of anilines is 1. The fourth-order valence-electron chi connectivity index (χ4n) is 2.03. The molecule has 2 aromatic rings. The second-order valence-electron chi connectivity index (χ2n) is 4.82. The monoisotopic (exact) mass is 276 g/mol. The number of nitrogen functional groups attached to an aromatic ring is 1. The Morgan fingerprint density at radius 3 is 3.05 bits per heavy atom. The van der Waals surface area contributed by atoms with E-state index in [4.69, 9.17) is 5.73 Å². The Balaban J connectivity index is 1.97. The second kappa shape index (κ2) is 6.23. The Kier molecular flexibility index (Phi) is 4.39. The third-order valence-electron chi connectivity index (χ3n) is 3.00. The van der Waals surface area contributed by atoms with E-state index in [-0.39, 0.29) is 17.6 Å². The number of aromatic amines is 1. The van der Waals surface area contributed by atoms with Gasteiger partial charge in [-0.1, -0.05) is 13.3 Å². The molecule has 0 bridgehead atoms. The van der Waals surface area contributed by atoms with Crippen molar-refractivity contribution in [2.75, 3.05) is 5.73 Å². The minimum atomic E-state index is -0.263. The Labute approximate surface area is 117 Å². The van der Waals surface area contributed by atoms with Crippen LogP contribution in [0.5, 0.6) is 0 Å². The van der Waals surface area contributed by atoms with Gasteiger partial charge in [-0.05, 0) is 19.4 Å². The van der Waals surface area contributed by atoms with Crippen molar-refractivity contribution in [2.45, 2.75) is 39.3 Å². The van der Waals surface area contributed by atoms with Gasteiger partial charge in [-0.2, -0.15) is 10.2 Å². The first kappa shape index (κ1) is 14.1. The number of nitrogens with one attached hydrogen (secondary N) is 2. The van der Waals surface area contributed by atoms with Gasteiger partial charge < -0.3 is 11.1 Å². The van der Waals surface area contributed by atoms with Crippen LogP contribution in [0.2, 0.25) is 0 Å². The zero-order chi connectivity index (χ0) is 14.5. The smallest absolute Gasteiger partial charge is 0.274 e. The highest BCUT2D eigenvalue weighted by Crippen LogP contribution is 2.15. The van der Waals surface area contributed by atoms with Gasteiger partial charge in [-0.3, -0.25) is 14.6 Å². The fourth-order valence-corrected chi connectivity index (χ4v) is 2.03. The van der Waals surface area contributed by atoms with E-state index in [0.29, 0.717) is 12.2 Å². The van der Waals surface area contributed by atoms with Gasteiger partial charge in [0.25, 0.3) is 5.91 Å². The number of carbonyl (C=O) groups excluding carboxylic acids is 1. The first-order valence-corrected chi connectivity index (χ1v) is 6.72. The molecular weight excluding hydrogens is 256 g/mol. The molecule has 0 aromatic carbocycles. The lowest BCUT2D eigenvalue weighted by molar-refractivity contribution is 0.0932. The molecule has 0 saturated heterocycles. The molecule has 2 rings (SSSR count). The number of nitrogens with zero attached hydrogens (tertiary/aromatic N) is 3. The summed E-state index contributed by atoms with van der Waals surface area (Å²) >= 11 is 0. The third-order valence-corrected chi connectivity index (χ3v) is 3.00. The predicted molar refractivity (Wildman–Crippen MR) is 76.2 cm³/mol. The van der Waals surface area contributed by atoms with E-state index in [1.54, 1.807) is 10.9 Å². The van der Waals surface area contributed by atoms with Crippen LogP contribution in [0, 0.1) is 0 Å². The van der Waals surface area contributed by atoms with E-state index in [1.807, 2.05) is 26.1 Å². The number of nitrogens with two attached hydrogens (primary N) is 1. The van der Waals surface area contributed by atoms with Crippen molar-refractivity contribution in [1.29, 1.82) is 0 Å². The third kappa shape index (κ3) is 3.17. The Hall–Kier alpha value is -2.31. The molecule has 1 atom stereocenters. The number of H-pyrrole nitrogens is 1. The average molecular weight is 276 g/mol. The van der Waals surface area contributed by atoms with Crippen LogP contribution in [0.4, 0.5) is 5.69 Å². The van der Waals surface area contributed by atoms with E-state index in [0.717, 1.165) is 18.5 Å². The van der Waals surface area contributed by atoms with Gasteiger partial charge >= 0.3 is 0 Å². The van der Waals surface area contributed by atoms with Gasteiger partial charge in [-0.15, -0.1) is 0 Å². The van der Waals surface area contributed by atoms with Crippen LogP contribution in [0.3, 0.4) is 0 Å². The lowest BCUT2D eigenvalue weighted by Gasteiger charge is -2.13. The zero-order valence-corrected chi connectivity index (χ0v) is 11.8. The maximum Gasteiger partial charge on any atom is 0.274 e. The molecule has 4 N–H and O–H groups in total. The molecule has 108 valence electrons. The average Bonchev–Trinajstić information content (AvgIpc) is 3.01. The minimum Gasteiger partial charge on any atom is -0.395 e. The number of aromatic nitrogens is 4. The van der Waals surface area contributed by atoms with E-state index < -0.39 is 0 Å². The van der Waals surface area contributed by atoms with Crippen molar-refractivity contribution >= 4 is 11.6 Å². The van der Waals surface area contributed by atoms with E-state index in [2.05, 4.69) is 20.6 Å². The van der Waals surface area contributed by atoms with Crippen LogP contribution in [0.15, 0.2) is 18.5 Å². The molecule has 0 aliphatic heterocycles. The summed E-state index contributed by atoms with van der Waals surface area (Å²) in [5.74, 6) is -0.263. The van der Waals surface area contributed by atoms with Crippen molar-refractivity contribution in [2.24, 2.45) is 0 Å². The summed E-state index contributed by atoms with van der Waals surface area (Å²) in [6, 6.07) is 1.78. The van der Waals surface area contributed by atoms with Crippen LogP contribution >= 0.6 is 0 Å². The first-order valence-electron chi connectivity index (χ1n) is 6.72. The predicted octanol–water partition coefficient (Wildman–Crippen LogP) is 0.959. The van der Waals surface area contributed by atoms with Crippen molar-refractivity contribution < 1.29 is 4.79 Å². The lowest BCUT2D eigenvalue weighted by Crippen LogP contribution is -2.36. The number of hydrogen-bond acceptors (Lipinski definition) is 4. The van der Waals surface area contributed by atoms with Crippen molar-refractivity contribution in [3.63, 3.8) is 0 Å². The molecule has 0 aliphatic rings. The molecule has 0 saturated carbocycles. The van der Waals surface area contributed by atoms with Crippen LogP contribution in [-0.4, -0.2) is 31.9 Å². The van der Waals surface area contributed by atoms with Crippen molar-refractivity contribution in [1.82, 2.24) is 25.3 Å². The highest BCUT2D eigenvalue weighted by molar-refractivity contribution is 5.97. The maximum absolute atomic E-state index is 12.1. The molecule has 7 nitrogen and oxygen atoms in total. The van der Waals surface area contributed by atoms with Gasteiger partial charge in [0.2, 0.25) is 0 Å². The summed E-state index contributed by atoms with van der Waals surface area (Å²) in [6.45, 7) is 4.56. The van der Waals surface area contributed by atoms with E-state index in [1.165, 1.54) is 0 Å². The lowest BCUT2D eigenvalue weighted by atomic mass is 10.2. The van der Waals surface area contributed by atoms with Crippen LogP contribution in [0.25, 0.3) is 0 Å². The molecule has 7 heteroatoms. The number of hydrogen-bond donors (Lipinski definition) is 3. The number of carbonyl (C=O) groups is 1. The molecule has 2 aromatic heterocycles. The van der Waals surface area contributed by atoms with Crippen molar-refractivity contribution in [3.8, 4) is 0 Å². The molecule has 1 amide bonds. The van der Waals surface area contributed by atoms with Gasteiger partial charge in [0.05, 0.1) is 17.9 Å². The Morgan fingerprint density at radius 2 is 2.40 bits per heavy atom. The molecular formula is C13H20N6O. The molecule has 1 unspecified atom stereocenters. The maximum atomic E-state index is 12.1. The molecule has 2 heterocycles. The summed E-state index contributed by atoms with van der Waals surface area (Å²) in [6.07, 6.45) is 5.29. The quantitative estimate of drug-likeness (QED) is 0.731. The largest absolute Gasteiger partial charge is 0.395 e. The molecule has 0 radical (unpaired) electrons. The van der Waals surface area contributed by atoms with Gasteiger partial charge in [0.15, 0.2) is 5.69 Å². The van der Waals surface area contributed by atoms with Gasteiger partial charge in [0.1, 0.15) is 0 Å². The van der Waals surface area contributed by atoms with Crippen LogP contribution in [0.1, 0.15) is 36.5 Å². The second-order valence-corrected chi connectivity index (χ2v) is 4.82. The summed E-state index contributed by atoms with van der Waals surface area (Å²) in [7, 11) is 0. The standard InChI is InChI=1S/C13H20N6O/c1-3-5-10-11(14)12(18-17-10)13(20)16-9(2)8-19-7-4-6-15-19/h4,6-7,9H,3,5,8,14H2,1-2H3,(H,16,20)(H,17,18). The van der Waals surface area contributed by atoms with Crippen LogP contribution in [-0.2, 0) is 13.0 Å². The van der Waals surface area contributed by atoms with Gasteiger partial charge in [0, 0.05) is 18.4 Å². The zero-order valence-electron chi connectivity index (χ0n) is 11.8. The number of rotatable bonds is 6. The van der Waals surface area contributed by atoms with Crippen LogP contribution < -0.4 is 11.1 Å². The number of aryl methyl sites for hydroxylation is 1. The highest BCUT2D eigenvalue weighted by Gasteiger charge is 2.18. The summed E-state index contributed by atoms with van der Waals surface area (Å²) in [4.78, 5) is 12.1. The normalized spacial score (nSPS) is 12.3. The van der Waals surface area contributed by atoms with E-state index in [9.17, 15) is 4.79 Å². The van der Waals surface area contributed by atoms with Crippen molar-refractivity contribution in [3.05, 3.63) is 29.8 Å². The minimum absolute atomic E-state index is 0.0619. The first-order chi connectivity index (χ1) is 9.61.